The Morgan fingerprint density at radius 1 is 1.59 bits per heavy atom. The molecule has 0 saturated carbocycles. The summed E-state index contributed by atoms with van der Waals surface area (Å²) in [6.07, 6.45) is -5.73. The Hall–Kier alpha value is -1.55. The molecule has 1 aromatic heterocycles. The normalized spacial score (nSPS) is 38.1. The van der Waals surface area contributed by atoms with Crippen LogP contribution < -0.4 is 11.4 Å². The Morgan fingerprint density at radius 3 is 2.82 bits per heavy atom. The van der Waals surface area contributed by atoms with Gasteiger partial charge in [-0.2, -0.15) is 4.98 Å². The maximum absolute atomic E-state index is 11.5. The van der Waals surface area contributed by atoms with Crippen LogP contribution in [0, 0.1) is 0 Å². The van der Waals surface area contributed by atoms with Gasteiger partial charge >= 0.3 is 5.69 Å². The van der Waals surface area contributed by atoms with Crippen LogP contribution in [-0.2, 0) is 4.74 Å². The summed E-state index contributed by atoms with van der Waals surface area (Å²) in [7, 11) is 0. The smallest absolute Gasteiger partial charge is 0.354 e. The Kier molecular flexibility index (Phi) is 2.73. The molecule has 2 heterocycles. The van der Waals surface area contributed by atoms with Gasteiger partial charge in [0.1, 0.15) is 24.6 Å². The van der Waals surface area contributed by atoms with E-state index in [9.17, 15) is 15.0 Å². The van der Waals surface area contributed by atoms with Gasteiger partial charge in [-0.1, -0.05) is 0 Å². The van der Waals surface area contributed by atoms with E-state index in [2.05, 4.69) is 9.97 Å². The van der Waals surface area contributed by atoms with Crippen LogP contribution in [0.25, 0.3) is 0 Å². The number of ether oxygens (including phenoxy) is 1. The number of aliphatic hydroxyl groups excluding tert-OH is 3. The molecule has 0 radical (unpaired) electrons. The van der Waals surface area contributed by atoms with Gasteiger partial charge in [0.2, 0.25) is 5.95 Å². The number of hydrogen-bond donors (Lipinski definition) is 4. The van der Waals surface area contributed by atoms with Crippen molar-refractivity contribution in [3.05, 3.63) is 16.8 Å². The van der Waals surface area contributed by atoms with Crippen molar-refractivity contribution in [3.63, 3.8) is 0 Å². The highest BCUT2D eigenvalue weighted by molar-refractivity contribution is 5.10. The lowest BCUT2D eigenvalue weighted by molar-refractivity contribution is -0.0554. The number of rotatable bonds is 2. The molecule has 9 heteroatoms. The minimum absolute atomic E-state index is 0.247. The number of nitrogens with two attached hydrogens (primary N) is 1. The Labute approximate surface area is 96.5 Å². The Balaban J connectivity index is 2.38. The summed E-state index contributed by atoms with van der Waals surface area (Å²) >= 11 is 0. The molecule has 0 spiro atoms. The molecule has 2 rings (SSSR count). The van der Waals surface area contributed by atoms with Crippen molar-refractivity contribution >= 4 is 5.95 Å². The van der Waals surface area contributed by atoms with Gasteiger partial charge in [-0.15, -0.1) is 0 Å². The molecule has 5 N–H and O–H groups in total. The quantitative estimate of drug-likeness (QED) is 0.427. The molecule has 94 valence electrons. The summed E-state index contributed by atoms with van der Waals surface area (Å²) in [6, 6.07) is 0. The van der Waals surface area contributed by atoms with Crippen molar-refractivity contribution < 1.29 is 21.4 Å². The third kappa shape index (κ3) is 2.00. The van der Waals surface area contributed by atoms with Crippen LogP contribution in [0.1, 0.15) is 7.60 Å². The largest absolute Gasteiger partial charge is 0.394 e. The maximum Gasteiger partial charge on any atom is 0.354 e. The monoisotopic (exact) mass is 245 g/mol. The van der Waals surface area contributed by atoms with Crippen molar-refractivity contribution in [2.75, 3.05) is 12.3 Å². The predicted octanol–water partition coefficient (Wildman–Crippen LogP) is -3.17. The molecule has 9 nitrogen and oxygen atoms in total. The van der Waals surface area contributed by atoms with Crippen LogP contribution in [0.3, 0.4) is 0 Å². The molecule has 1 saturated heterocycles. The first-order valence-electron chi connectivity index (χ1n) is 5.24. The van der Waals surface area contributed by atoms with Gasteiger partial charge in [-0.05, 0) is 0 Å². The second-order valence-corrected chi connectivity index (χ2v) is 3.47. The fourth-order valence-corrected chi connectivity index (χ4v) is 1.52. The van der Waals surface area contributed by atoms with E-state index in [0.29, 0.717) is 0 Å². The lowest BCUT2D eigenvalue weighted by Gasteiger charge is -2.16. The highest BCUT2D eigenvalue weighted by atomic mass is 16.6. The van der Waals surface area contributed by atoms with Gasteiger partial charge in [-0.3, -0.25) is 4.57 Å². The molecule has 17 heavy (non-hydrogen) atoms. The minimum atomic E-state index is -2.11. The molecule has 0 amide bonds. The van der Waals surface area contributed by atoms with E-state index >= 15 is 0 Å². The number of aromatic nitrogens is 3. The first-order chi connectivity index (χ1) is 8.39. The summed E-state index contributed by atoms with van der Waals surface area (Å²) in [5.41, 5.74) is 4.36. The molecule has 1 aliphatic rings. The Bertz CT molecular complexity index is 511. The topological polar surface area (TPSA) is 144 Å². The fraction of sp³-hybridized carbons (Fsp3) is 0.625. The number of aliphatic hydroxyl groups is 3. The van der Waals surface area contributed by atoms with Gasteiger partial charge in [0.05, 0.1) is 7.98 Å². The van der Waals surface area contributed by atoms with Crippen LogP contribution in [0.2, 0.25) is 0 Å². The highest BCUT2D eigenvalue weighted by Gasteiger charge is 2.43. The van der Waals surface area contributed by atoms with E-state index in [1.165, 1.54) is 0 Å². The van der Waals surface area contributed by atoms with Crippen molar-refractivity contribution in [2.45, 2.75) is 24.5 Å². The van der Waals surface area contributed by atoms with Gasteiger partial charge in [-0.25, -0.2) is 9.78 Å². The van der Waals surface area contributed by atoms with E-state index in [-0.39, 0.29) is 5.95 Å². The summed E-state index contributed by atoms with van der Waals surface area (Å²) < 4.78 is 13.4. The predicted molar refractivity (Wildman–Crippen MR) is 53.7 cm³/mol. The molecule has 1 unspecified atom stereocenters. The van der Waals surface area contributed by atoms with E-state index in [1.807, 2.05) is 0 Å². The highest BCUT2D eigenvalue weighted by Crippen LogP contribution is 2.27. The fourth-order valence-electron chi connectivity index (χ4n) is 1.52. The van der Waals surface area contributed by atoms with Crippen LogP contribution in [0.5, 0.6) is 0 Å². The van der Waals surface area contributed by atoms with Crippen LogP contribution >= 0.6 is 0 Å². The molecule has 1 aliphatic heterocycles. The third-order valence-corrected chi connectivity index (χ3v) is 2.39. The van der Waals surface area contributed by atoms with Gasteiger partial charge in [0.25, 0.3) is 0 Å². The van der Waals surface area contributed by atoms with Crippen molar-refractivity contribution in [2.24, 2.45) is 0 Å². The molecular formula is C8H12N4O5. The molecule has 0 bridgehead atoms. The first kappa shape index (κ1) is 10.6. The van der Waals surface area contributed by atoms with Gasteiger partial charge < -0.3 is 25.8 Å². The third-order valence-electron chi connectivity index (χ3n) is 2.39. The van der Waals surface area contributed by atoms with Crippen molar-refractivity contribution in [1.29, 1.82) is 0 Å². The molecule has 1 fully saturated rings. The standard InChI is InChI=1S/C8H12N4O5/c9-7-10-2-12(8(16)11-7)6-5(15)4(14)3(1-13)17-6/h2-6,13-15H,1H2,(H2,9,11,16)/t3-,4?,5+,6-/m1/s1/i3D. The number of nitrogen functional groups attached to an aromatic ring is 1. The Morgan fingerprint density at radius 2 is 2.29 bits per heavy atom. The molecular weight excluding hydrogens is 232 g/mol. The van der Waals surface area contributed by atoms with Crippen molar-refractivity contribution in [1.82, 2.24) is 14.5 Å². The van der Waals surface area contributed by atoms with Gasteiger partial charge in [0.15, 0.2) is 6.23 Å². The SMILES string of the molecule is [2H][C@]1(CO)O[C@@H](n2cnc(N)nc2=O)[C@@H](O)C1O. The number of hydrogen-bond acceptors (Lipinski definition) is 8. The molecule has 0 aromatic carbocycles. The van der Waals surface area contributed by atoms with E-state index in [4.69, 9.17) is 16.9 Å². The summed E-state index contributed by atoms with van der Waals surface area (Å²) in [6.45, 7) is -0.841. The zero-order valence-electron chi connectivity index (χ0n) is 9.59. The average molecular weight is 245 g/mol. The van der Waals surface area contributed by atoms with E-state index < -0.39 is 36.8 Å². The second kappa shape index (κ2) is 4.37. The van der Waals surface area contributed by atoms with Crippen LogP contribution in [0.4, 0.5) is 5.95 Å². The van der Waals surface area contributed by atoms with Crippen LogP contribution in [-0.4, -0.2) is 54.7 Å². The average Bonchev–Trinajstić information content (AvgIpc) is 2.55. The summed E-state index contributed by atoms with van der Waals surface area (Å²) in [5, 5.41) is 28.3. The van der Waals surface area contributed by atoms with Crippen molar-refractivity contribution in [3.8, 4) is 0 Å². The summed E-state index contributed by atoms with van der Waals surface area (Å²) in [5.74, 6) is -0.247. The van der Waals surface area contributed by atoms with Gasteiger partial charge in [0, 0.05) is 0 Å². The first-order valence-corrected chi connectivity index (χ1v) is 4.74. The van der Waals surface area contributed by atoms with E-state index in [0.717, 1.165) is 10.9 Å². The second-order valence-electron chi connectivity index (χ2n) is 3.47. The lowest BCUT2D eigenvalue weighted by Crippen LogP contribution is -2.36. The van der Waals surface area contributed by atoms with E-state index in [1.54, 1.807) is 0 Å². The van der Waals surface area contributed by atoms with Crippen LogP contribution in [0.15, 0.2) is 11.1 Å². The maximum atomic E-state index is 11.5. The minimum Gasteiger partial charge on any atom is -0.394 e. The summed E-state index contributed by atoms with van der Waals surface area (Å²) in [4.78, 5) is 18.4. The number of nitrogens with zero attached hydrogens (tertiary/aromatic N) is 3. The zero-order chi connectivity index (χ0) is 13.5. The molecule has 4 atom stereocenters. The lowest BCUT2D eigenvalue weighted by atomic mass is 10.1. The number of anilines is 1. The zero-order valence-corrected chi connectivity index (χ0v) is 8.59. The molecule has 0 aliphatic carbocycles. The molecule has 1 aromatic rings.